The van der Waals surface area contributed by atoms with Crippen molar-refractivity contribution in [3.05, 3.63) is 54.1 Å². The lowest BCUT2D eigenvalue weighted by atomic mass is 10.1. The Labute approximate surface area is 191 Å². The lowest BCUT2D eigenvalue weighted by molar-refractivity contribution is -0.128. The molecule has 0 spiro atoms. The molecule has 1 aliphatic rings. The number of nitrogens with zero attached hydrogens (tertiary/aromatic N) is 2. The third-order valence-electron chi connectivity index (χ3n) is 5.86. The molecule has 1 N–H and O–H groups in total. The average Bonchev–Trinajstić information content (AvgIpc) is 3.09. The zero-order valence-corrected chi connectivity index (χ0v) is 20.1. The second-order valence-corrected chi connectivity index (χ2v) is 10.3. The highest BCUT2D eigenvalue weighted by Gasteiger charge is 2.25. The summed E-state index contributed by atoms with van der Waals surface area (Å²) in [6.07, 6.45) is 3.01. The summed E-state index contributed by atoms with van der Waals surface area (Å²) >= 11 is 0. The van der Waals surface area contributed by atoms with E-state index in [1.165, 1.54) is 22.6 Å². The Bertz CT molecular complexity index is 1020. The number of rotatable bonds is 10. The number of fused-ring (bicyclic) bond motifs is 1. The molecule has 0 unspecified atom stereocenters. The van der Waals surface area contributed by atoms with E-state index in [4.69, 9.17) is 4.74 Å². The number of nitrogens with one attached hydrogen (secondary N) is 1. The highest BCUT2D eigenvalue weighted by Crippen LogP contribution is 2.31. The average molecular weight is 460 g/mol. The van der Waals surface area contributed by atoms with Gasteiger partial charge in [0.1, 0.15) is 5.75 Å². The van der Waals surface area contributed by atoms with Gasteiger partial charge in [-0.05, 0) is 62.1 Å². The fraction of sp³-hybridized carbons (Fsp3) is 0.458. The van der Waals surface area contributed by atoms with E-state index in [1.807, 2.05) is 6.92 Å². The second kappa shape index (κ2) is 10.3. The summed E-state index contributed by atoms with van der Waals surface area (Å²) in [6.45, 7) is 5.62. The molecule has 0 aliphatic carbocycles. The summed E-state index contributed by atoms with van der Waals surface area (Å²) in [6, 6.07) is 15.7. The summed E-state index contributed by atoms with van der Waals surface area (Å²) in [7, 11) is -1.83. The Morgan fingerprint density at radius 2 is 1.91 bits per heavy atom. The van der Waals surface area contributed by atoms with Crippen LogP contribution in [0.5, 0.6) is 5.75 Å². The van der Waals surface area contributed by atoms with Gasteiger partial charge >= 0.3 is 0 Å². The molecule has 1 heterocycles. The number of hydrogen-bond acceptors (Lipinski definition) is 5. The quantitative estimate of drug-likeness (QED) is 0.552. The molecule has 0 saturated heterocycles. The van der Waals surface area contributed by atoms with Crippen molar-refractivity contribution >= 4 is 27.3 Å². The number of carbonyl (C=O) groups is 1. The minimum Gasteiger partial charge on any atom is -0.481 e. The van der Waals surface area contributed by atoms with E-state index in [9.17, 15) is 13.2 Å². The van der Waals surface area contributed by atoms with Crippen LogP contribution >= 0.6 is 0 Å². The maximum atomic E-state index is 12.6. The van der Waals surface area contributed by atoms with Crippen molar-refractivity contribution in [1.82, 2.24) is 5.32 Å². The molecular weight excluding hydrogens is 426 g/mol. The molecule has 0 fully saturated rings. The van der Waals surface area contributed by atoms with Gasteiger partial charge in [-0.25, -0.2) is 8.42 Å². The lowest BCUT2D eigenvalue weighted by Gasteiger charge is -2.25. The minimum absolute atomic E-state index is 0.139. The number of hydrogen-bond donors (Lipinski definition) is 1. The number of anilines is 2. The fourth-order valence-corrected chi connectivity index (χ4v) is 4.46. The monoisotopic (exact) mass is 459 g/mol. The van der Waals surface area contributed by atoms with Crippen LogP contribution in [0, 0.1) is 0 Å². The summed E-state index contributed by atoms with van der Waals surface area (Å²) in [5.74, 6) is 0.389. The SMILES string of the molecule is CC[C@H](Oc1ccc(N(C)S(C)(=O)=O)cc1)C(=O)NCCCN1c2ccccc2C[C@@H]1C. The maximum Gasteiger partial charge on any atom is 0.261 e. The van der Waals surface area contributed by atoms with Crippen LogP contribution in [0.3, 0.4) is 0 Å². The number of ether oxygens (including phenoxy) is 1. The normalized spacial score (nSPS) is 16.4. The first-order chi connectivity index (χ1) is 15.2. The first kappa shape index (κ1) is 23.9. The molecule has 1 amide bonds. The number of para-hydroxylation sites is 1. The van der Waals surface area contributed by atoms with Gasteiger partial charge in [-0.3, -0.25) is 9.10 Å². The van der Waals surface area contributed by atoms with Gasteiger partial charge in [0, 0.05) is 31.9 Å². The van der Waals surface area contributed by atoms with Crippen LogP contribution in [0.2, 0.25) is 0 Å². The van der Waals surface area contributed by atoms with E-state index in [0.29, 0.717) is 30.4 Å². The molecule has 32 heavy (non-hydrogen) atoms. The zero-order valence-electron chi connectivity index (χ0n) is 19.2. The Kier molecular flexibility index (Phi) is 7.66. The molecule has 8 heteroatoms. The Balaban J connectivity index is 1.48. The molecule has 0 bridgehead atoms. The van der Waals surface area contributed by atoms with Gasteiger partial charge < -0.3 is 15.0 Å². The number of sulfonamides is 1. The van der Waals surface area contributed by atoms with Crippen LogP contribution in [0.1, 0.15) is 32.3 Å². The molecule has 0 saturated carbocycles. The van der Waals surface area contributed by atoms with Crippen LogP contribution in [0.4, 0.5) is 11.4 Å². The van der Waals surface area contributed by atoms with Crippen molar-refractivity contribution in [2.75, 3.05) is 35.6 Å². The summed E-state index contributed by atoms with van der Waals surface area (Å²) in [5.41, 5.74) is 3.22. The Hall–Kier alpha value is -2.74. The Morgan fingerprint density at radius 1 is 1.22 bits per heavy atom. The van der Waals surface area contributed by atoms with E-state index in [-0.39, 0.29) is 5.91 Å². The number of carbonyl (C=O) groups excluding carboxylic acids is 1. The van der Waals surface area contributed by atoms with E-state index in [1.54, 1.807) is 24.3 Å². The molecule has 2 aromatic carbocycles. The van der Waals surface area contributed by atoms with E-state index in [0.717, 1.165) is 25.6 Å². The third-order valence-corrected chi connectivity index (χ3v) is 7.07. The largest absolute Gasteiger partial charge is 0.481 e. The fourth-order valence-electron chi connectivity index (χ4n) is 3.96. The van der Waals surface area contributed by atoms with Crippen molar-refractivity contribution < 1.29 is 17.9 Å². The maximum absolute atomic E-state index is 12.6. The summed E-state index contributed by atoms with van der Waals surface area (Å²) in [5, 5.41) is 2.99. The molecular formula is C24H33N3O4S. The van der Waals surface area contributed by atoms with Gasteiger partial charge in [0.25, 0.3) is 5.91 Å². The van der Waals surface area contributed by atoms with Crippen LogP contribution in [0.25, 0.3) is 0 Å². The van der Waals surface area contributed by atoms with E-state index >= 15 is 0 Å². The van der Waals surface area contributed by atoms with Crippen molar-refractivity contribution in [2.45, 2.75) is 45.3 Å². The molecule has 7 nitrogen and oxygen atoms in total. The van der Waals surface area contributed by atoms with E-state index in [2.05, 4.69) is 41.4 Å². The first-order valence-corrected chi connectivity index (χ1v) is 12.9. The second-order valence-electron chi connectivity index (χ2n) is 8.26. The lowest BCUT2D eigenvalue weighted by Crippen LogP contribution is -2.39. The number of benzene rings is 2. The van der Waals surface area contributed by atoms with Gasteiger partial charge in [-0.15, -0.1) is 0 Å². The molecule has 1 aliphatic heterocycles. The van der Waals surface area contributed by atoms with Gasteiger partial charge in [-0.1, -0.05) is 25.1 Å². The van der Waals surface area contributed by atoms with Gasteiger partial charge in [0.2, 0.25) is 10.0 Å². The van der Waals surface area contributed by atoms with Gasteiger partial charge in [-0.2, -0.15) is 0 Å². The van der Waals surface area contributed by atoms with Crippen molar-refractivity contribution in [2.24, 2.45) is 0 Å². The highest BCUT2D eigenvalue weighted by molar-refractivity contribution is 7.92. The first-order valence-electron chi connectivity index (χ1n) is 11.0. The standard InChI is InChI=1S/C24H33N3O4S/c1-5-23(31-21-13-11-20(12-14-21)26(3)32(4,29)30)24(28)25-15-8-16-27-18(2)17-19-9-6-7-10-22(19)27/h6-7,9-14,18,23H,5,8,15-17H2,1-4H3,(H,25,28)/t18-,23-/m0/s1. The van der Waals surface area contributed by atoms with Crippen LogP contribution in [0.15, 0.2) is 48.5 Å². The predicted octanol–water partition coefficient (Wildman–Crippen LogP) is 3.20. The molecule has 2 aromatic rings. The van der Waals surface area contributed by atoms with Gasteiger partial charge in [0.15, 0.2) is 6.10 Å². The highest BCUT2D eigenvalue weighted by atomic mass is 32.2. The predicted molar refractivity (Wildman–Crippen MR) is 129 cm³/mol. The summed E-state index contributed by atoms with van der Waals surface area (Å²) < 4.78 is 30.4. The molecule has 0 radical (unpaired) electrons. The topological polar surface area (TPSA) is 78.9 Å². The van der Waals surface area contributed by atoms with Crippen molar-refractivity contribution in [3.63, 3.8) is 0 Å². The van der Waals surface area contributed by atoms with Crippen LogP contribution in [-0.2, 0) is 21.2 Å². The summed E-state index contributed by atoms with van der Waals surface area (Å²) in [4.78, 5) is 15.0. The van der Waals surface area contributed by atoms with Crippen molar-refractivity contribution in [1.29, 1.82) is 0 Å². The molecule has 2 atom stereocenters. The van der Waals surface area contributed by atoms with E-state index < -0.39 is 16.1 Å². The zero-order chi connectivity index (χ0) is 23.3. The van der Waals surface area contributed by atoms with Gasteiger partial charge in [0.05, 0.1) is 11.9 Å². The number of amides is 1. The van der Waals surface area contributed by atoms with Crippen LogP contribution in [-0.4, -0.2) is 52.9 Å². The third kappa shape index (κ3) is 5.73. The van der Waals surface area contributed by atoms with Crippen molar-refractivity contribution in [3.8, 4) is 5.75 Å². The molecule has 174 valence electrons. The molecule has 3 rings (SSSR count). The minimum atomic E-state index is -3.32. The smallest absolute Gasteiger partial charge is 0.261 e. The molecule has 0 aromatic heterocycles. The van der Waals surface area contributed by atoms with Crippen LogP contribution < -0.4 is 19.3 Å². The Morgan fingerprint density at radius 3 is 2.56 bits per heavy atom.